The number of ether oxygens (including phenoxy) is 1. The van der Waals surface area contributed by atoms with Gasteiger partial charge in [-0.05, 0) is 43.9 Å². The van der Waals surface area contributed by atoms with Crippen molar-refractivity contribution in [2.24, 2.45) is 0 Å². The summed E-state index contributed by atoms with van der Waals surface area (Å²) >= 11 is 0. The molecule has 7 heteroatoms. The Morgan fingerprint density at radius 2 is 1.97 bits per heavy atom. The number of fused-ring (bicyclic) bond motifs is 1. The van der Waals surface area contributed by atoms with Crippen LogP contribution >= 0.6 is 0 Å². The molecule has 152 valence electrons. The van der Waals surface area contributed by atoms with E-state index in [1.54, 1.807) is 18.9 Å². The van der Waals surface area contributed by atoms with Crippen molar-refractivity contribution in [3.05, 3.63) is 46.9 Å². The number of likely N-dealkylation sites (tertiary alicyclic amines) is 1. The Balaban J connectivity index is 1.67. The lowest BCUT2D eigenvalue weighted by molar-refractivity contribution is -0.132. The van der Waals surface area contributed by atoms with Crippen LogP contribution < -0.4 is 9.64 Å². The average Bonchev–Trinajstić information content (AvgIpc) is 3.04. The van der Waals surface area contributed by atoms with Gasteiger partial charge in [-0.2, -0.15) is 0 Å². The second-order valence-electron chi connectivity index (χ2n) is 7.70. The van der Waals surface area contributed by atoms with Gasteiger partial charge in [-0.15, -0.1) is 0 Å². The number of carbonyl (C=O) groups excluding carboxylic acids is 2. The summed E-state index contributed by atoms with van der Waals surface area (Å²) in [4.78, 5) is 37.9. The fourth-order valence-electron chi connectivity index (χ4n) is 4.20. The molecule has 3 heterocycles. The van der Waals surface area contributed by atoms with Gasteiger partial charge in [0.25, 0.3) is 0 Å². The normalized spacial score (nSPS) is 18.7. The highest BCUT2D eigenvalue weighted by Crippen LogP contribution is 2.35. The van der Waals surface area contributed by atoms with Crippen molar-refractivity contribution in [3.8, 4) is 5.75 Å². The number of aryl methyl sites for hydroxylation is 1. The smallest absolute Gasteiger partial charge is 0.233 e. The third-order valence-electron chi connectivity index (χ3n) is 5.80. The molecule has 2 aromatic rings. The van der Waals surface area contributed by atoms with Gasteiger partial charge in [-0.25, -0.2) is 9.97 Å². The molecule has 2 aliphatic heterocycles. The number of hydrogen-bond acceptors (Lipinski definition) is 5. The van der Waals surface area contributed by atoms with E-state index in [-0.39, 0.29) is 17.9 Å². The molecule has 0 bridgehead atoms. The Kier molecular flexibility index (Phi) is 5.22. The van der Waals surface area contributed by atoms with Gasteiger partial charge < -0.3 is 9.64 Å². The van der Waals surface area contributed by atoms with E-state index in [4.69, 9.17) is 14.7 Å². The van der Waals surface area contributed by atoms with Crippen LogP contribution in [-0.4, -0.2) is 40.3 Å². The first-order valence-corrected chi connectivity index (χ1v) is 10.1. The first-order chi connectivity index (χ1) is 14.0. The Morgan fingerprint density at radius 3 is 2.66 bits per heavy atom. The lowest BCUT2D eigenvalue weighted by atomic mass is 10.0. The topological polar surface area (TPSA) is 75.6 Å². The number of methoxy groups -OCH3 is 1. The molecule has 0 unspecified atom stereocenters. The maximum atomic E-state index is 12.7. The van der Waals surface area contributed by atoms with E-state index in [0.29, 0.717) is 24.6 Å². The Labute approximate surface area is 170 Å². The quantitative estimate of drug-likeness (QED) is 0.797. The molecular weight excluding hydrogens is 368 g/mol. The van der Waals surface area contributed by atoms with Crippen LogP contribution in [0.5, 0.6) is 5.75 Å². The molecule has 2 amide bonds. The van der Waals surface area contributed by atoms with Crippen LogP contribution in [0.15, 0.2) is 24.3 Å². The first kappa shape index (κ1) is 19.4. The summed E-state index contributed by atoms with van der Waals surface area (Å²) in [5, 5.41) is 0. The number of anilines is 1. The molecule has 1 aromatic heterocycles. The van der Waals surface area contributed by atoms with Crippen molar-refractivity contribution in [2.75, 3.05) is 18.6 Å². The summed E-state index contributed by atoms with van der Waals surface area (Å²) in [6, 6.07) is 7.57. The van der Waals surface area contributed by atoms with Crippen molar-refractivity contribution in [2.45, 2.75) is 52.1 Å². The number of hydrogen-bond donors (Lipinski definition) is 0. The molecule has 1 fully saturated rings. The second-order valence-corrected chi connectivity index (χ2v) is 7.70. The maximum Gasteiger partial charge on any atom is 0.233 e. The van der Waals surface area contributed by atoms with Gasteiger partial charge in [-0.1, -0.05) is 12.1 Å². The second kappa shape index (κ2) is 7.81. The minimum absolute atomic E-state index is 0.0254. The zero-order valence-corrected chi connectivity index (χ0v) is 17.1. The summed E-state index contributed by atoms with van der Waals surface area (Å²) in [5.74, 6) is 2.18. The molecule has 29 heavy (non-hydrogen) atoms. The fraction of sp³-hybridized carbons (Fsp3) is 0.455. The lowest BCUT2D eigenvalue weighted by Crippen LogP contribution is -2.38. The average molecular weight is 394 g/mol. The summed E-state index contributed by atoms with van der Waals surface area (Å²) < 4.78 is 5.21. The van der Waals surface area contributed by atoms with E-state index < -0.39 is 0 Å². The molecule has 0 N–H and O–H groups in total. The van der Waals surface area contributed by atoms with E-state index in [0.717, 1.165) is 48.4 Å². The SMILES string of the molecule is COc1ccc(CN2C(=O)Cc3c(C)nc([C@H]4CCCCN4C(C)=O)nc32)cc1. The number of amides is 2. The van der Waals surface area contributed by atoms with Crippen molar-refractivity contribution in [1.82, 2.24) is 14.9 Å². The number of nitrogens with zero attached hydrogens (tertiary/aromatic N) is 4. The van der Waals surface area contributed by atoms with Crippen LogP contribution in [-0.2, 0) is 22.6 Å². The number of carbonyl (C=O) groups is 2. The molecule has 0 aliphatic carbocycles. The molecule has 0 radical (unpaired) electrons. The summed E-state index contributed by atoms with van der Waals surface area (Å²) in [5.41, 5.74) is 2.72. The zero-order valence-electron chi connectivity index (χ0n) is 17.1. The minimum Gasteiger partial charge on any atom is -0.497 e. The summed E-state index contributed by atoms with van der Waals surface area (Å²) in [6.45, 7) is 4.70. The predicted octanol–water partition coefficient (Wildman–Crippen LogP) is 2.96. The van der Waals surface area contributed by atoms with Crippen LogP contribution in [0.4, 0.5) is 5.82 Å². The van der Waals surface area contributed by atoms with Crippen molar-refractivity contribution >= 4 is 17.6 Å². The fourth-order valence-corrected chi connectivity index (χ4v) is 4.20. The highest BCUT2D eigenvalue weighted by molar-refractivity contribution is 6.00. The molecule has 1 atom stereocenters. The summed E-state index contributed by atoms with van der Waals surface area (Å²) in [7, 11) is 1.63. The monoisotopic (exact) mass is 394 g/mol. The van der Waals surface area contributed by atoms with Crippen LogP contribution in [0, 0.1) is 6.92 Å². The van der Waals surface area contributed by atoms with Gasteiger partial charge in [0.2, 0.25) is 11.8 Å². The lowest BCUT2D eigenvalue weighted by Gasteiger charge is -2.34. The minimum atomic E-state index is -0.121. The molecule has 7 nitrogen and oxygen atoms in total. The molecule has 2 aliphatic rings. The van der Waals surface area contributed by atoms with Gasteiger partial charge in [0.15, 0.2) is 5.82 Å². The standard InChI is InChI=1S/C22H26N4O3/c1-14-18-12-20(28)26(13-16-7-9-17(29-3)10-8-16)22(18)24-21(23-14)19-6-4-5-11-25(19)15(2)27/h7-10,19H,4-6,11-13H2,1-3H3/t19-/m1/s1. The molecule has 1 saturated heterocycles. The van der Waals surface area contributed by atoms with Crippen LogP contribution in [0.25, 0.3) is 0 Å². The maximum absolute atomic E-state index is 12.7. The van der Waals surface area contributed by atoms with Gasteiger partial charge >= 0.3 is 0 Å². The Morgan fingerprint density at radius 1 is 1.21 bits per heavy atom. The van der Waals surface area contributed by atoms with Crippen LogP contribution in [0.1, 0.15) is 54.9 Å². The van der Waals surface area contributed by atoms with E-state index in [2.05, 4.69) is 0 Å². The van der Waals surface area contributed by atoms with E-state index in [9.17, 15) is 9.59 Å². The summed E-state index contributed by atoms with van der Waals surface area (Å²) in [6.07, 6.45) is 3.22. The molecule has 0 saturated carbocycles. The van der Waals surface area contributed by atoms with E-state index >= 15 is 0 Å². The van der Waals surface area contributed by atoms with Crippen molar-refractivity contribution in [1.29, 1.82) is 0 Å². The third-order valence-corrected chi connectivity index (χ3v) is 5.80. The van der Waals surface area contributed by atoms with Crippen LogP contribution in [0.2, 0.25) is 0 Å². The third kappa shape index (κ3) is 3.69. The Bertz CT molecular complexity index is 942. The predicted molar refractivity (Wildman–Crippen MR) is 109 cm³/mol. The highest BCUT2D eigenvalue weighted by atomic mass is 16.5. The van der Waals surface area contributed by atoms with Gasteiger partial charge in [0.1, 0.15) is 11.6 Å². The largest absolute Gasteiger partial charge is 0.497 e. The number of piperidine rings is 1. The highest BCUT2D eigenvalue weighted by Gasteiger charge is 2.34. The Hall–Kier alpha value is -2.96. The zero-order chi connectivity index (χ0) is 20.5. The molecule has 1 aromatic carbocycles. The first-order valence-electron chi connectivity index (χ1n) is 10.1. The number of rotatable bonds is 4. The molecular formula is C22H26N4O3. The van der Waals surface area contributed by atoms with Gasteiger partial charge in [0, 0.05) is 24.7 Å². The number of aromatic nitrogens is 2. The number of benzene rings is 1. The molecule has 0 spiro atoms. The van der Waals surface area contributed by atoms with E-state index in [1.165, 1.54) is 0 Å². The van der Waals surface area contributed by atoms with Gasteiger partial charge in [-0.3, -0.25) is 14.5 Å². The molecule has 4 rings (SSSR count). The van der Waals surface area contributed by atoms with Crippen LogP contribution in [0.3, 0.4) is 0 Å². The van der Waals surface area contributed by atoms with E-state index in [1.807, 2.05) is 36.1 Å². The van der Waals surface area contributed by atoms with Crippen molar-refractivity contribution in [3.63, 3.8) is 0 Å². The van der Waals surface area contributed by atoms with Crippen molar-refractivity contribution < 1.29 is 14.3 Å². The van der Waals surface area contributed by atoms with Gasteiger partial charge in [0.05, 0.1) is 26.1 Å².